The van der Waals surface area contributed by atoms with Crippen LogP contribution in [0.25, 0.3) is 0 Å². The van der Waals surface area contributed by atoms with E-state index in [1.165, 1.54) is 0 Å². The molecule has 2 heterocycles. The molecule has 2 aliphatic rings. The number of amides is 1. The third-order valence-electron chi connectivity index (χ3n) is 4.66. The number of hydrogen-bond donors (Lipinski definition) is 2. The molecule has 2 N–H and O–H groups in total. The number of nitrogens with zero attached hydrogens (tertiary/aromatic N) is 2. The molecule has 25 heavy (non-hydrogen) atoms. The lowest BCUT2D eigenvalue weighted by atomic mass is 10.1. The first kappa shape index (κ1) is 17.9. The maximum absolute atomic E-state index is 12.3. The van der Waals surface area contributed by atoms with Crippen LogP contribution in [0.3, 0.4) is 0 Å². The summed E-state index contributed by atoms with van der Waals surface area (Å²) in [6, 6.07) is 7.16. The van der Waals surface area contributed by atoms with Crippen molar-refractivity contribution < 1.29 is 13.2 Å². The van der Waals surface area contributed by atoms with Crippen molar-refractivity contribution in [1.29, 1.82) is 0 Å². The average molecular weight is 364 g/mol. The van der Waals surface area contributed by atoms with Crippen LogP contribution in [0.1, 0.15) is 31.2 Å². The lowest BCUT2D eigenvalue weighted by Gasteiger charge is -2.32. The van der Waals surface area contributed by atoms with Crippen LogP contribution >= 0.6 is 0 Å². The zero-order chi connectivity index (χ0) is 17.9. The highest BCUT2D eigenvalue weighted by atomic mass is 32.2. The Kier molecular flexibility index (Phi) is 5.39. The van der Waals surface area contributed by atoms with Gasteiger partial charge in [-0.25, -0.2) is 8.42 Å². The van der Waals surface area contributed by atoms with Gasteiger partial charge in [0.05, 0.1) is 4.90 Å². The lowest BCUT2D eigenvalue weighted by molar-refractivity contribution is -0.132. The van der Waals surface area contributed by atoms with E-state index in [1.807, 2.05) is 11.9 Å². The molecule has 8 heteroatoms. The van der Waals surface area contributed by atoms with Crippen molar-refractivity contribution in [2.45, 2.75) is 36.6 Å². The molecule has 1 amide bonds. The van der Waals surface area contributed by atoms with Gasteiger partial charge in [-0.1, -0.05) is 12.1 Å². The fraction of sp³-hybridized carbons (Fsp3) is 0.529. The Hall–Kier alpha value is -1.93. The number of sulfonamides is 1. The fourth-order valence-corrected chi connectivity index (χ4v) is 4.52. The second-order valence-corrected chi connectivity index (χ2v) is 8.05. The molecule has 1 atom stereocenters. The predicted octanol–water partition coefficient (Wildman–Crippen LogP) is 0.716. The van der Waals surface area contributed by atoms with Gasteiger partial charge in [0.1, 0.15) is 5.84 Å². The molecule has 1 aromatic carbocycles. The largest absolute Gasteiger partial charge is 0.341 e. The number of carbonyl (C=O) groups is 1. The van der Waals surface area contributed by atoms with Crippen molar-refractivity contribution >= 4 is 21.8 Å². The molecule has 7 nitrogen and oxygen atoms in total. The minimum absolute atomic E-state index is 0.146. The topological polar surface area (TPSA) is 90.9 Å². The zero-order valence-corrected chi connectivity index (χ0v) is 15.2. The van der Waals surface area contributed by atoms with Gasteiger partial charge >= 0.3 is 0 Å². The minimum Gasteiger partial charge on any atom is -0.341 e. The summed E-state index contributed by atoms with van der Waals surface area (Å²) in [5.74, 6) is 0.517. The van der Waals surface area contributed by atoms with E-state index in [-0.39, 0.29) is 10.8 Å². The van der Waals surface area contributed by atoms with E-state index in [1.54, 1.807) is 24.3 Å². The van der Waals surface area contributed by atoms with Gasteiger partial charge in [-0.2, -0.15) is 0 Å². The maximum atomic E-state index is 12.3. The van der Waals surface area contributed by atoms with Crippen LogP contribution < -0.4 is 10.0 Å². The van der Waals surface area contributed by atoms with Crippen LogP contribution in [-0.4, -0.2) is 57.8 Å². The number of carbonyl (C=O) groups excluding carboxylic acids is 1. The summed E-state index contributed by atoms with van der Waals surface area (Å²) < 4.78 is 26.5. The van der Waals surface area contributed by atoms with Gasteiger partial charge in [0.15, 0.2) is 0 Å². The smallest absolute Gasteiger partial charge is 0.263 e. The molecular formula is C17H24N4O3S. The second-order valence-electron chi connectivity index (χ2n) is 6.40. The Morgan fingerprint density at radius 2 is 2.20 bits per heavy atom. The fourth-order valence-electron chi connectivity index (χ4n) is 3.27. The van der Waals surface area contributed by atoms with Gasteiger partial charge in [-0.15, -0.1) is 0 Å². The van der Waals surface area contributed by atoms with E-state index in [2.05, 4.69) is 15.0 Å². The number of amidine groups is 1. The summed E-state index contributed by atoms with van der Waals surface area (Å²) in [6.45, 7) is 2.00. The molecule has 0 saturated carbocycles. The number of hydrogen-bond acceptors (Lipinski definition) is 5. The van der Waals surface area contributed by atoms with E-state index >= 15 is 0 Å². The quantitative estimate of drug-likeness (QED) is 0.753. The number of piperidine rings is 1. The third-order valence-corrected chi connectivity index (χ3v) is 6.06. The number of fused-ring (bicyclic) bond motifs is 1. The Morgan fingerprint density at radius 3 is 3.00 bits per heavy atom. The summed E-state index contributed by atoms with van der Waals surface area (Å²) in [5, 5.41) is 3.23. The maximum Gasteiger partial charge on any atom is 0.263 e. The van der Waals surface area contributed by atoms with Crippen molar-refractivity contribution in [3.05, 3.63) is 29.8 Å². The van der Waals surface area contributed by atoms with Crippen LogP contribution in [-0.2, 0) is 14.8 Å². The summed E-state index contributed by atoms with van der Waals surface area (Å²) in [6.07, 6.45) is 3.17. The molecule has 1 unspecified atom stereocenters. The molecule has 1 aromatic rings. The summed E-state index contributed by atoms with van der Waals surface area (Å²) in [7, 11) is -1.57. The molecule has 0 aromatic heterocycles. The number of likely N-dealkylation sites (tertiary alicyclic amines) is 1. The first-order valence-electron chi connectivity index (χ1n) is 8.63. The minimum atomic E-state index is -3.50. The Morgan fingerprint density at radius 1 is 1.40 bits per heavy atom. The van der Waals surface area contributed by atoms with Crippen LogP contribution in [0.5, 0.6) is 0 Å². The van der Waals surface area contributed by atoms with Gasteiger partial charge in [0.25, 0.3) is 10.0 Å². The van der Waals surface area contributed by atoms with Gasteiger partial charge < -0.3 is 10.2 Å². The monoisotopic (exact) mass is 364 g/mol. The van der Waals surface area contributed by atoms with Crippen molar-refractivity contribution in [2.75, 3.05) is 26.7 Å². The van der Waals surface area contributed by atoms with Crippen LogP contribution in [0.4, 0.5) is 0 Å². The van der Waals surface area contributed by atoms with E-state index in [4.69, 9.17) is 0 Å². The molecule has 1 saturated heterocycles. The molecule has 0 radical (unpaired) electrons. The van der Waals surface area contributed by atoms with Gasteiger partial charge in [0.2, 0.25) is 5.91 Å². The molecule has 0 aliphatic carbocycles. The number of aliphatic imine (C=N–C) groups is 1. The summed E-state index contributed by atoms with van der Waals surface area (Å²) >= 11 is 0. The van der Waals surface area contributed by atoms with Crippen molar-refractivity contribution in [3.8, 4) is 0 Å². The second kappa shape index (κ2) is 7.53. The van der Waals surface area contributed by atoms with Crippen LogP contribution in [0.15, 0.2) is 34.2 Å². The van der Waals surface area contributed by atoms with E-state index < -0.39 is 10.0 Å². The zero-order valence-electron chi connectivity index (χ0n) is 14.4. The molecule has 1 fully saturated rings. The number of likely N-dealkylation sites (N-methyl/N-ethyl adjacent to an activating group) is 1. The van der Waals surface area contributed by atoms with Gasteiger partial charge in [-0.3, -0.25) is 14.5 Å². The van der Waals surface area contributed by atoms with Gasteiger partial charge in [-0.05, 0) is 38.4 Å². The number of benzene rings is 1. The molecule has 3 rings (SSSR count). The van der Waals surface area contributed by atoms with Crippen molar-refractivity contribution in [3.63, 3.8) is 0 Å². The molecule has 0 spiro atoms. The predicted molar refractivity (Wildman–Crippen MR) is 96.1 cm³/mol. The normalized spacial score (nSPS) is 23.3. The standard InChI is InChI=1S/C17H24N4O3S/c1-18-13-6-5-11-21(12-13)16(22)9-4-10-19-17-14-7-2-3-8-15(14)25(23,24)20-17/h2-3,7-8,13,18H,4-6,9-12H2,1H3,(H,19,20). The Labute approximate surface area is 148 Å². The highest BCUT2D eigenvalue weighted by molar-refractivity contribution is 7.90. The molecule has 0 bridgehead atoms. The van der Waals surface area contributed by atoms with E-state index in [0.29, 0.717) is 36.8 Å². The number of nitrogens with one attached hydrogen (secondary N) is 2. The molecule has 2 aliphatic heterocycles. The highest BCUT2D eigenvalue weighted by Crippen LogP contribution is 2.22. The van der Waals surface area contributed by atoms with Gasteiger partial charge in [0, 0.05) is 37.7 Å². The highest BCUT2D eigenvalue weighted by Gasteiger charge is 2.30. The van der Waals surface area contributed by atoms with E-state index in [0.717, 1.165) is 25.9 Å². The Balaban J connectivity index is 1.53. The van der Waals surface area contributed by atoms with Crippen molar-refractivity contribution in [2.24, 2.45) is 4.99 Å². The summed E-state index contributed by atoms with van der Waals surface area (Å²) in [4.78, 5) is 18.8. The SMILES string of the molecule is CNC1CCCN(C(=O)CCCN=C2NS(=O)(=O)c3ccccc32)C1. The van der Waals surface area contributed by atoms with Crippen LogP contribution in [0, 0.1) is 0 Å². The average Bonchev–Trinajstić information content (AvgIpc) is 2.89. The Bertz CT molecular complexity index is 776. The van der Waals surface area contributed by atoms with Crippen LogP contribution in [0.2, 0.25) is 0 Å². The number of rotatable bonds is 5. The summed E-state index contributed by atoms with van der Waals surface area (Å²) in [5.41, 5.74) is 0.599. The lowest BCUT2D eigenvalue weighted by Crippen LogP contribution is -2.46. The molecular weight excluding hydrogens is 340 g/mol. The van der Waals surface area contributed by atoms with E-state index in [9.17, 15) is 13.2 Å². The third kappa shape index (κ3) is 4.01. The molecule has 136 valence electrons. The van der Waals surface area contributed by atoms with Crippen molar-refractivity contribution in [1.82, 2.24) is 14.9 Å². The first-order chi connectivity index (χ1) is 12.0. The first-order valence-corrected chi connectivity index (χ1v) is 10.1.